The lowest BCUT2D eigenvalue weighted by atomic mass is 9.98. The van der Waals surface area contributed by atoms with Gasteiger partial charge in [0.25, 0.3) is 0 Å². The molecule has 0 aliphatic carbocycles. The summed E-state index contributed by atoms with van der Waals surface area (Å²) in [5.41, 5.74) is 1.84. The Morgan fingerprint density at radius 3 is 2.13 bits per heavy atom. The SMILES string of the molecule is COc1ccc(COC(CC(F)F)C2CC(=O)N(C(C)c3ccc(OC)cc3)C2)cc1. The Morgan fingerprint density at radius 2 is 1.58 bits per heavy atom. The van der Waals surface area contributed by atoms with Crippen LogP contribution in [0.25, 0.3) is 0 Å². The molecule has 3 atom stereocenters. The van der Waals surface area contributed by atoms with Crippen molar-refractivity contribution in [2.24, 2.45) is 5.92 Å². The van der Waals surface area contributed by atoms with Gasteiger partial charge in [-0.05, 0) is 42.3 Å². The monoisotopic (exact) mass is 433 g/mol. The summed E-state index contributed by atoms with van der Waals surface area (Å²) in [6.45, 7) is 2.55. The fourth-order valence-corrected chi connectivity index (χ4v) is 3.94. The van der Waals surface area contributed by atoms with Crippen LogP contribution in [-0.2, 0) is 16.1 Å². The molecule has 7 heteroatoms. The molecule has 0 radical (unpaired) electrons. The number of rotatable bonds is 10. The summed E-state index contributed by atoms with van der Waals surface area (Å²) in [6, 6.07) is 14.7. The van der Waals surface area contributed by atoms with Crippen molar-refractivity contribution in [1.82, 2.24) is 4.90 Å². The third kappa shape index (κ3) is 5.94. The highest BCUT2D eigenvalue weighted by atomic mass is 19.3. The smallest absolute Gasteiger partial charge is 0.241 e. The lowest BCUT2D eigenvalue weighted by Gasteiger charge is -2.27. The zero-order chi connectivity index (χ0) is 22.4. The molecule has 5 nitrogen and oxygen atoms in total. The highest BCUT2D eigenvalue weighted by molar-refractivity contribution is 5.79. The normalized spacial score (nSPS) is 18.3. The fourth-order valence-electron chi connectivity index (χ4n) is 3.94. The highest BCUT2D eigenvalue weighted by Crippen LogP contribution is 2.33. The van der Waals surface area contributed by atoms with Gasteiger partial charge in [-0.25, -0.2) is 8.78 Å². The van der Waals surface area contributed by atoms with E-state index in [0.29, 0.717) is 6.54 Å². The Morgan fingerprint density at radius 1 is 1.00 bits per heavy atom. The van der Waals surface area contributed by atoms with Crippen molar-refractivity contribution in [2.45, 2.75) is 44.9 Å². The number of ether oxygens (including phenoxy) is 3. The lowest BCUT2D eigenvalue weighted by Crippen LogP contribution is -2.32. The van der Waals surface area contributed by atoms with Gasteiger partial charge < -0.3 is 19.1 Å². The van der Waals surface area contributed by atoms with Crippen molar-refractivity contribution < 1.29 is 27.8 Å². The molecule has 31 heavy (non-hydrogen) atoms. The van der Waals surface area contributed by atoms with Gasteiger partial charge in [0.15, 0.2) is 0 Å². The third-order valence-electron chi connectivity index (χ3n) is 5.81. The third-order valence-corrected chi connectivity index (χ3v) is 5.81. The first-order valence-electron chi connectivity index (χ1n) is 10.4. The van der Waals surface area contributed by atoms with E-state index in [1.807, 2.05) is 43.3 Å². The number of carbonyl (C=O) groups excluding carboxylic acids is 1. The predicted octanol–water partition coefficient (Wildman–Crippen LogP) is 4.85. The van der Waals surface area contributed by atoms with Crippen molar-refractivity contribution >= 4 is 5.91 Å². The standard InChI is InChI=1S/C24H29F2NO4/c1-16(18-6-10-21(30-3)11-7-18)27-14-19(12-24(27)28)22(13-23(25)26)31-15-17-4-8-20(29-2)9-5-17/h4-11,16,19,22-23H,12-15H2,1-3H3. The number of likely N-dealkylation sites (tertiary alicyclic amines) is 1. The molecule has 1 amide bonds. The first-order valence-corrected chi connectivity index (χ1v) is 10.4. The van der Waals surface area contributed by atoms with E-state index in [9.17, 15) is 13.6 Å². The predicted molar refractivity (Wildman–Crippen MR) is 113 cm³/mol. The molecule has 0 spiro atoms. The fraction of sp³-hybridized carbons (Fsp3) is 0.458. The van der Waals surface area contributed by atoms with Crippen LogP contribution in [-0.4, -0.2) is 44.1 Å². The summed E-state index contributed by atoms with van der Waals surface area (Å²) < 4.78 is 42.7. The average molecular weight is 433 g/mol. The zero-order valence-electron chi connectivity index (χ0n) is 18.1. The van der Waals surface area contributed by atoms with Crippen LogP contribution >= 0.6 is 0 Å². The van der Waals surface area contributed by atoms with Crippen molar-refractivity contribution in [2.75, 3.05) is 20.8 Å². The van der Waals surface area contributed by atoms with E-state index in [2.05, 4.69) is 0 Å². The molecule has 0 aromatic heterocycles. The Hall–Kier alpha value is -2.67. The van der Waals surface area contributed by atoms with Gasteiger partial charge in [0.05, 0.1) is 33.0 Å². The summed E-state index contributed by atoms with van der Waals surface area (Å²) in [5.74, 6) is 1.14. The maximum atomic E-state index is 13.2. The number of benzene rings is 2. The lowest BCUT2D eigenvalue weighted by molar-refractivity contribution is -0.129. The van der Waals surface area contributed by atoms with Crippen LogP contribution in [0, 0.1) is 5.92 Å². The zero-order valence-corrected chi connectivity index (χ0v) is 18.1. The number of alkyl halides is 2. The Bertz CT molecular complexity index is 842. The molecule has 2 aromatic carbocycles. The minimum absolute atomic E-state index is 0.0411. The molecule has 3 rings (SSSR count). The molecule has 3 unspecified atom stereocenters. The molecule has 0 saturated carbocycles. The second kappa shape index (κ2) is 10.6. The first kappa shape index (κ1) is 23.0. The summed E-state index contributed by atoms with van der Waals surface area (Å²) in [5, 5.41) is 0. The summed E-state index contributed by atoms with van der Waals surface area (Å²) >= 11 is 0. The maximum Gasteiger partial charge on any atom is 0.241 e. The molecule has 0 bridgehead atoms. The van der Waals surface area contributed by atoms with Crippen LogP contribution < -0.4 is 9.47 Å². The van der Waals surface area contributed by atoms with Gasteiger partial charge in [-0.15, -0.1) is 0 Å². The highest BCUT2D eigenvalue weighted by Gasteiger charge is 2.38. The van der Waals surface area contributed by atoms with Gasteiger partial charge in [0, 0.05) is 25.3 Å². The molecule has 1 aliphatic heterocycles. The maximum absolute atomic E-state index is 13.2. The van der Waals surface area contributed by atoms with Crippen LogP contribution in [0.4, 0.5) is 8.78 Å². The Kier molecular flexibility index (Phi) is 7.85. The molecular formula is C24H29F2NO4. The molecule has 1 saturated heterocycles. The summed E-state index contributed by atoms with van der Waals surface area (Å²) in [7, 11) is 3.18. The van der Waals surface area contributed by atoms with E-state index < -0.39 is 19.0 Å². The van der Waals surface area contributed by atoms with E-state index in [1.165, 1.54) is 0 Å². The summed E-state index contributed by atoms with van der Waals surface area (Å²) in [4.78, 5) is 14.5. The number of nitrogens with zero attached hydrogens (tertiary/aromatic N) is 1. The Balaban J connectivity index is 1.66. The van der Waals surface area contributed by atoms with Crippen molar-refractivity contribution in [1.29, 1.82) is 0 Å². The Labute approximate surface area is 181 Å². The number of hydrogen-bond acceptors (Lipinski definition) is 4. The van der Waals surface area contributed by atoms with Gasteiger partial charge in [0.2, 0.25) is 12.3 Å². The minimum Gasteiger partial charge on any atom is -0.497 e. The quantitative estimate of drug-likeness (QED) is 0.537. The number of methoxy groups -OCH3 is 2. The number of carbonyl (C=O) groups is 1. The van der Waals surface area contributed by atoms with Crippen molar-refractivity contribution in [3.63, 3.8) is 0 Å². The number of hydrogen-bond donors (Lipinski definition) is 0. The van der Waals surface area contributed by atoms with Gasteiger partial charge in [-0.3, -0.25) is 4.79 Å². The van der Waals surface area contributed by atoms with Crippen LogP contribution in [0.3, 0.4) is 0 Å². The topological polar surface area (TPSA) is 48.0 Å². The van der Waals surface area contributed by atoms with Crippen molar-refractivity contribution in [3.05, 3.63) is 59.7 Å². The second-order valence-corrected chi connectivity index (χ2v) is 7.78. The molecular weight excluding hydrogens is 404 g/mol. The van der Waals surface area contributed by atoms with Gasteiger partial charge in [0.1, 0.15) is 11.5 Å². The van der Waals surface area contributed by atoms with Crippen molar-refractivity contribution in [3.8, 4) is 11.5 Å². The van der Waals surface area contributed by atoms with Gasteiger partial charge >= 0.3 is 0 Å². The van der Waals surface area contributed by atoms with E-state index >= 15 is 0 Å². The van der Waals surface area contributed by atoms with E-state index in [4.69, 9.17) is 14.2 Å². The number of amides is 1. The first-order chi connectivity index (χ1) is 14.9. The minimum atomic E-state index is -2.50. The van der Waals surface area contributed by atoms with Crippen LogP contribution in [0.5, 0.6) is 11.5 Å². The molecule has 1 heterocycles. The van der Waals surface area contributed by atoms with Gasteiger partial charge in [-0.1, -0.05) is 24.3 Å². The molecule has 2 aromatic rings. The van der Waals surface area contributed by atoms with Gasteiger partial charge in [-0.2, -0.15) is 0 Å². The average Bonchev–Trinajstić information content (AvgIpc) is 3.17. The van der Waals surface area contributed by atoms with Crippen LogP contribution in [0.2, 0.25) is 0 Å². The molecule has 168 valence electrons. The largest absolute Gasteiger partial charge is 0.497 e. The second-order valence-electron chi connectivity index (χ2n) is 7.78. The van der Waals surface area contributed by atoms with E-state index in [-0.39, 0.29) is 30.9 Å². The molecule has 1 aliphatic rings. The molecule has 0 N–H and O–H groups in total. The number of halogens is 2. The van der Waals surface area contributed by atoms with Crippen LogP contribution in [0.15, 0.2) is 48.5 Å². The van der Waals surface area contributed by atoms with E-state index in [1.54, 1.807) is 31.3 Å². The van der Waals surface area contributed by atoms with E-state index in [0.717, 1.165) is 22.6 Å². The van der Waals surface area contributed by atoms with Crippen LogP contribution in [0.1, 0.15) is 36.9 Å². The summed E-state index contributed by atoms with van der Waals surface area (Å²) in [6.07, 6.45) is -3.37. The molecule has 1 fully saturated rings.